The number of hydrogen-bond donors (Lipinski definition) is 1. The van der Waals surface area contributed by atoms with E-state index < -0.39 is 0 Å². The van der Waals surface area contributed by atoms with Crippen molar-refractivity contribution >= 4 is 33.2 Å². The molecule has 0 heterocycles. The lowest BCUT2D eigenvalue weighted by molar-refractivity contribution is 0.303. The summed E-state index contributed by atoms with van der Waals surface area (Å²) in [5.74, 6) is 0.828. The van der Waals surface area contributed by atoms with Crippen molar-refractivity contribution in [1.29, 1.82) is 0 Å². The number of nitrogen functional groups attached to an aromatic ring is 1. The Bertz CT molecular complexity index is 572. The molecule has 0 aromatic heterocycles. The smallest absolute Gasteiger partial charge is 0.122 e. The van der Waals surface area contributed by atoms with Gasteiger partial charge in [0.2, 0.25) is 0 Å². The van der Waals surface area contributed by atoms with E-state index >= 15 is 0 Å². The van der Waals surface area contributed by atoms with Crippen molar-refractivity contribution in [1.82, 2.24) is 0 Å². The number of rotatable bonds is 3. The van der Waals surface area contributed by atoms with Crippen LogP contribution in [0.3, 0.4) is 0 Å². The fourth-order valence-corrected chi connectivity index (χ4v) is 2.25. The summed E-state index contributed by atoms with van der Waals surface area (Å²) < 4.78 is 6.66. The van der Waals surface area contributed by atoms with Crippen molar-refractivity contribution in [2.24, 2.45) is 0 Å². The van der Waals surface area contributed by atoms with Crippen molar-refractivity contribution in [2.45, 2.75) is 13.5 Å². The lowest BCUT2D eigenvalue weighted by atomic mass is 10.2. The summed E-state index contributed by atoms with van der Waals surface area (Å²) in [6, 6.07) is 11.3. The Balaban J connectivity index is 2.14. The van der Waals surface area contributed by atoms with Gasteiger partial charge in [-0.05, 0) is 52.7 Å². The average molecular weight is 327 g/mol. The minimum absolute atomic E-state index is 0.466. The van der Waals surface area contributed by atoms with Crippen LogP contribution < -0.4 is 10.5 Å². The van der Waals surface area contributed by atoms with Crippen LogP contribution in [0.2, 0.25) is 5.02 Å². The Morgan fingerprint density at radius 3 is 2.78 bits per heavy atom. The first-order chi connectivity index (χ1) is 8.58. The van der Waals surface area contributed by atoms with Gasteiger partial charge in [-0.2, -0.15) is 0 Å². The van der Waals surface area contributed by atoms with E-state index in [1.807, 2.05) is 43.3 Å². The summed E-state index contributed by atoms with van der Waals surface area (Å²) in [6.07, 6.45) is 0. The number of nitrogens with two attached hydrogens (primary N) is 1. The fraction of sp³-hybridized carbons (Fsp3) is 0.143. The number of ether oxygens (including phenoxy) is 1. The Kier molecular flexibility index (Phi) is 4.15. The molecule has 0 saturated heterocycles. The van der Waals surface area contributed by atoms with Gasteiger partial charge in [0, 0.05) is 20.7 Å². The zero-order chi connectivity index (χ0) is 13.1. The first-order valence-corrected chi connectivity index (χ1v) is 6.67. The van der Waals surface area contributed by atoms with Crippen molar-refractivity contribution in [3.63, 3.8) is 0 Å². The van der Waals surface area contributed by atoms with E-state index in [9.17, 15) is 0 Å². The first kappa shape index (κ1) is 13.2. The third-order valence-electron chi connectivity index (χ3n) is 2.63. The summed E-state index contributed by atoms with van der Waals surface area (Å²) >= 11 is 9.36. The zero-order valence-electron chi connectivity index (χ0n) is 9.91. The van der Waals surface area contributed by atoms with Crippen molar-refractivity contribution in [2.75, 3.05) is 5.73 Å². The maximum Gasteiger partial charge on any atom is 0.122 e. The first-order valence-electron chi connectivity index (χ1n) is 5.50. The van der Waals surface area contributed by atoms with Crippen molar-refractivity contribution < 1.29 is 4.74 Å². The van der Waals surface area contributed by atoms with E-state index in [1.165, 1.54) is 0 Å². The predicted octanol–water partition coefficient (Wildman–Crippen LogP) is 4.57. The molecule has 2 aromatic carbocycles. The molecule has 0 aliphatic heterocycles. The second-order valence-corrected chi connectivity index (χ2v) is 5.25. The van der Waals surface area contributed by atoms with E-state index in [1.54, 1.807) is 0 Å². The average Bonchev–Trinajstić information content (AvgIpc) is 2.33. The normalized spacial score (nSPS) is 10.4. The van der Waals surface area contributed by atoms with Gasteiger partial charge in [0.25, 0.3) is 0 Å². The summed E-state index contributed by atoms with van der Waals surface area (Å²) in [7, 11) is 0. The highest BCUT2D eigenvalue weighted by molar-refractivity contribution is 9.10. The SMILES string of the molecule is Cc1cc(Cl)ccc1OCc1cccc(N)c1Br. The second-order valence-electron chi connectivity index (χ2n) is 4.02. The van der Waals surface area contributed by atoms with Crippen molar-refractivity contribution in [3.05, 3.63) is 57.0 Å². The van der Waals surface area contributed by atoms with Crippen LogP contribution in [0.15, 0.2) is 40.9 Å². The monoisotopic (exact) mass is 325 g/mol. The van der Waals surface area contributed by atoms with Gasteiger partial charge in [0.1, 0.15) is 12.4 Å². The predicted molar refractivity (Wildman–Crippen MR) is 79.1 cm³/mol. The fourth-order valence-electron chi connectivity index (χ4n) is 1.64. The molecule has 0 aliphatic carbocycles. The van der Waals surface area contributed by atoms with E-state index in [2.05, 4.69) is 15.9 Å². The molecule has 2 rings (SSSR count). The molecule has 0 radical (unpaired) electrons. The zero-order valence-corrected chi connectivity index (χ0v) is 12.3. The van der Waals surface area contributed by atoms with Crippen LogP contribution in [0.1, 0.15) is 11.1 Å². The standard InChI is InChI=1S/C14H13BrClNO/c1-9-7-11(16)5-6-13(9)18-8-10-3-2-4-12(17)14(10)15/h2-7H,8,17H2,1H3. The molecule has 0 amide bonds. The van der Waals surface area contributed by atoms with Gasteiger partial charge in [0.15, 0.2) is 0 Å². The third kappa shape index (κ3) is 2.98. The van der Waals surface area contributed by atoms with Crippen LogP contribution in [-0.4, -0.2) is 0 Å². The number of halogens is 2. The minimum atomic E-state index is 0.466. The molecular formula is C14H13BrClNO. The summed E-state index contributed by atoms with van der Waals surface area (Å²) in [6.45, 7) is 2.43. The molecule has 2 N–H and O–H groups in total. The van der Waals surface area contributed by atoms with Gasteiger partial charge in [-0.25, -0.2) is 0 Å². The van der Waals surface area contributed by atoms with Crippen LogP contribution >= 0.6 is 27.5 Å². The largest absolute Gasteiger partial charge is 0.489 e. The molecule has 2 nitrogen and oxygen atoms in total. The molecule has 4 heteroatoms. The van der Waals surface area contributed by atoms with E-state index in [0.29, 0.717) is 17.3 Å². The molecule has 0 unspecified atom stereocenters. The molecule has 0 fully saturated rings. The van der Waals surface area contributed by atoms with Gasteiger partial charge >= 0.3 is 0 Å². The van der Waals surface area contributed by atoms with E-state index in [-0.39, 0.29) is 0 Å². The number of anilines is 1. The number of hydrogen-bond acceptors (Lipinski definition) is 2. The maximum atomic E-state index is 5.90. The van der Waals surface area contributed by atoms with Gasteiger partial charge < -0.3 is 10.5 Å². The lowest BCUT2D eigenvalue weighted by Gasteiger charge is -2.11. The van der Waals surface area contributed by atoms with Gasteiger partial charge in [0.05, 0.1) is 0 Å². The van der Waals surface area contributed by atoms with Crippen LogP contribution in [0.5, 0.6) is 5.75 Å². The third-order valence-corrected chi connectivity index (χ3v) is 3.83. The minimum Gasteiger partial charge on any atom is -0.489 e. The Hall–Kier alpha value is -1.19. The highest BCUT2D eigenvalue weighted by Crippen LogP contribution is 2.27. The van der Waals surface area contributed by atoms with Crippen molar-refractivity contribution in [3.8, 4) is 5.75 Å². The molecule has 2 aromatic rings. The van der Waals surface area contributed by atoms with E-state index in [4.69, 9.17) is 22.1 Å². The quantitative estimate of drug-likeness (QED) is 0.838. The Morgan fingerprint density at radius 2 is 2.06 bits per heavy atom. The van der Waals surface area contributed by atoms with Gasteiger partial charge in [-0.1, -0.05) is 23.7 Å². The second kappa shape index (κ2) is 5.63. The Labute approximate surface area is 120 Å². The molecule has 94 valence electrons. The van der Waals surface area contributed by atoms with Crippen LogP contribution in [-0.2, 0) is 6.61 Å². The summed E-state index contributed by atoms with van der Waals surface area (Å²) in [4.78, 5) is 0. The molecular weight excluding hydrogens is 314 g/mol. The van der Waals surface area contributed by atoms with Gasteiger partial charge in [-0.3, -0.25) is 0 Å². The van der Waals surface area contributed by atoms with E-state index in [0.717, 1.165) is 21.3 Å². The summed E-state index contributed by atoms with van der Waals surface area (Å²) in [5, 5.41) is 0.713. The van der Waals surface area contributed by atoms with Crippen LogP contribution in [0.4, 0.5) is 5.69 Å². The molecule has 0 saturated carbocycles. The Morgan fingerprint density at radius 1 is 1.28 bits per heavy atom. The molecule has 18 heavy (non-hydrogen) atoms. The molecule has 0 bridgehead atoms. The summed E-state index contributed by atoms with van der Waals surface area (Å²) in [5.41, 5.74) is 8.57. The van der Waals surface area contributed by atoms with Crippen LogP contribution in [0.25, 0.3) is 0 Å². The van der Waals surface area contributed by atoms with Gasteiger partial charge in [-0.15, -0.1) is 0 Å². The van der Waals surface area contributed by atoms with Crippen LogP contribution in [0, 0.1) is 6.92 Å². The number of benzene rings is 2. The number of aryl methyl sites for hydroxylation is 1. The highest BCUT2D eigenvalue weighted by Gasteiger charge is 2.05. The maximum absolute atomic E-state index is 5.90. The molecule has 0 aliphatic rings. The molecule has 0 atom stereocenters. The highest BCUT2D eigenvalue weighted by atomic mass is 79.9. The topological polar surface area (TPSA) is 35.2 Å². The lowest BCUT2D eigenvalue weighted by Crippen LogP contribution is -1.99. The molecule has 0 spiro atoms.